The van der Waals surface area contributed by atoms with Crippen LogP contribution in [0.3, 0.4) is 0 Å². The van der Waals surface area contributed by atoms with Crippen molar-refractivity contribution in [1.29, 1.82) is 0 Å². The van der Waals surface area contributed by atoms with Gasteiger partial charge in [0.15, 0.2) is 0 Å². The zero-order valence-electron chi connectivity index (χ0n) is 5.58. The molecule has 0 aliphatic carbocycles. The highest BCUT2D eigenvalue weighted by molar-refractivity contribution is 7.68. The van der Waals surface area contributed by atoms with Crippen molar-refractivity contribution in [2.45, 2.75) is 11.2 Å². The van der Waals surface area contributed by atoms with Crippen LogP contribution in [0.1, 0.15) is 0 Å². The highest BCUT2D eigenvalue weighted by Crippen LogP contribution is 2.42. The lowest BCUT2D eigenvalue weighted by Gasteiger charge is -2.21. The van der Waals surface area contributed by atoms with Crippen molar-refractivity contribution in [3.63, 3.8) is 0 Å². The van der Waals surface area contributed by atoms with Crippen molar-refractivity contribution in [2.75, 3.05) is 0 Å². The van der Waals surface area contributed by atoms with Crippen LogP contribution in [0.4, 0.5) is 0 Å². The van der Waals surface area contributed by atoms with Crippen LogP contribution in [0.25, 0.3) is 0 Å². The summed E-state index contributed by atoms with van der Waals surface area (Å²) >= 11 is 40.2. The van der Waals surface area contributed by atoms with E-state index < -0.39 is 20.8 Å². The highest BCUT2D eigenvalue weighted by atomic mass is 35.8. The molecule has 0 aromatic carbocycles. The number of hydrogen-bond donors (Lipinski definition) is 0. The minimum absolute atomic E-state index is 0.238. The van der Waals surface area contributed by atoms with E-state index in [0.29, 0.717) is 6.04 Å². The molecule has 0 bridgehead atoms. The van der Waals surface area contributed by atoms with E-state index in [1.165, 1.54) is 0 Å². The lowest BCUT2D eigenvalue weighted by atomic mass is 10.9. The first-order chi connectivity index (χ1) is 5.25. The van der Waals surface area contributed by atoms with Crippen LogP contribution in [0.15, 0.2) is 0 Å². The van der Waals surface area contributed by atoms with E-state index in [9.17, 15) is 0 Å². The Bertz CT molecular complexity index is 131. The molecular formula is C2H5Cl7Si3. The Morgan fingerprint density at radius 3 is 1.50 bits per heavy atom. The second-order valence-electron chi connectivity index (χ2n) is 2.11. The molecule has 0 spiro atoms. The maximum atomic E-state index is 5.78. The standard InChI is InChI=1S/C2H5Cl7Si3/c3-10(4)1-2(11(5)6)12(7,8)9/h2,10-11H,1H2. The van der Waals surface area contributed by atoms with Crippen LogP contribution in [0, 0.1) is 0 Å². The van der Waals surface area contributed by atoms with E-state index in [1.807, 2.05) is 0 Å². The molecule has 0 fully saturated rings. The molecule has 0 rings (SSSR count). The fourth-order valence-electron chi connectivity index (χ4n) is 0.571. The van der Waals surface area contributed by atoms with Crippen molar-refractivity contribution >= 4 is 98.4 Å². The van der Waals surface area contributed by atoms with Gasteiger partial charge in [-0.05, 0) is 6.04 Å². The van der Waals surface area contributed by atoms with Gasteiger partial charge in [-0.25, -0.2) is 0 Å². The Hall–Kier alpha value is 2.68. The fraction of sp³-hybridized carbons (Fsp3) is 1.00. The van der Waals surface area contributed by atoms with E-state index in [4.69, 9.17) is 77.6 Å². The first kappa shape index (κ1) is 14.7. The normalized spacial score (nSPS) is 15.8. The summed E-state index contributed by atoms with van der Waals surface area (Å²) in [6.45, 7) is 0. The molecular weight excluding hydrogens is 356 g/mol. The van der Waals surface area contributed by atoms with E-state index >= 15 is 0 Å². The van der Waals surface area contributed by atoms with Gasteiger partial charge in [0, 0.05) is 5.16 Å². The van der Waals surface area contributed by atoms with Crippen molar-refractivity contribution in [3.8, 4) is 0 Å². The SMILES string of the molecule is Cl[SiH](Cl)CC([SiH](Cl)Cl)[Si](Cl)(Cl)Cl. The van der Waals surface area contributed by atoms with Gasteiger partial charge in [-0.2, -0.15) is 44.3 Å². The van der Waals surface area contributed by atoms with Crippen LogP contribution >= 0.6 is 77.6 Å². The molecule has 1 unspecified atom stereocenters. The lowest BCUT2D eigenvalue weighted by Crippen LogP contribution is -2.29. The van der Waals surface area contributed by atoms with E-state index in [2.05, 4.69) is 0 Å². The number of hydrogen-bond acceptors (Lipinski definition) is 0. The maximum Gasteiger partial charge on any atom is 0.343 e. The van der Waals surface area contributed by atoms with Crippen molar-refractivity contribution in [2.24, 2.45) is 0 Å². The van der Waals surface area contributed by atoms with Gasteiger partial charge in [0.2, 0.25) is 14.8 Å². The Labute approximate surface area is 109 Å². The van der Waals surface area contributed by atoms with Gasteiger partial charge in [-0.15, -0.1) is 33.2 Å². The first-order valence-electron chi connectivity index (χ1n) is 2.88. The fourth-order valence-corrected chi connectivity index (χ4v) is 23.1. The molecule has 0 amide bonds. The molecule has 0 heterocycles. The summed E-state index contributed by atoms with van der Waals surface area (Å²) in [5.74, 6) is 0. The largest absolute Gasteiger partial charge is 0.343 e. The molecule has 0 saturated heterocycles. The first-order valence-corrected chi connectivity index (χ1v) is 16.5. The Morgan fingerprint density at radius 2 is 1.42 bits per heavy atom. The van der Waals surface area contributed by atoms with Crippen LogP contribution < -0.4 is 0 Å². The highest BCUT2D eigenvalue weighted by Gasteiger charge is 2.42. The van der Waals surface area contributed by atoms with Crippen molar-refractivity contribution in [1.82, 2.24) is 0 Å². The third kappa shape index (κ3) is 6.22. The second kappa shape index (κ2) is 6.30. The predicted molar refractivity (Wildman–Crippen MR) is 69.6 cm³/mol. The molecule has 0 aromatic rings. The second-order valence-corrected chi connectivity index (χ2v) is 21.8. The van der Waals surface area contributed by atoms with Crippen LogP contribution in [-0.2, 0) is 0 Å². The zero-order valence-corrected chi connectivity index (χ0v) is 14.2. The van der Waals surface area contributed by atoms with Crippen molar-refractivity contribution in [3.05, 3.63) is 0 Å². The van der Waals surface area contributed by atoms with Gasteiger partial charge >= 0.3 is 6.00 Å². The third-order valence-electron chi connectivity index (χ3n) is 1.16. The van der Waals surface area contributed by atoms with Crippen LogP contribution in [0.2, 0.25) is 11.2 Å². The van der Waals surface area contributed by atoms with Gasteiger partial charge in [0.1, 0.15) is 0 Å². The van der Waals surface area contributed by atoms with Gasteiger partial charge in [0.05, 0.1) is 0 Å². The monoisotopic (exact) mass is 358 g/mol. The topological polar surface area (TPSA) is 0 Å². The van der Waals surface area contributed by atoms with Crippen LogP contribution in [0.5, 0.6) is 0 Å². The molecule has 12 heavy (non-hydrogen) atoms. The third-order valence-corrected chi connectivity index (χ3v) is 16.1. The molecule has 0 aliphatic rings. The minimum Gasteiger partial charge on any atom is -0.150 e. The van der Waals surface area contributed by atoms with Gasteiger partial charge < -0.3 is 0 Å². The number of halogens is 7. The smallest absolute Gasteiger partial charge is 0.150 e. The van der Waals surface area contributed by atoms with Gasteiger partial charge in [-0.3, -0.25) is 0 Å². The quantitative estimate of drug-likeness (QED) is 0.525. The maximum absolute atomic E-state index is 5.78. The average molecular weight is 361 g/mol. The zero-order chi connectivity index (χ0) is 9.94. The molecule has 0 nitrogen and oxygen atoms in total. The van der Waals surface area contributed by atoms with Crippen LogP contribution in [-0.4, -0.2) is 20.8 Å². The van der Waals surface area contributed by atoms with E-state index in [1.54, 1.807) is 0 Å². The summed E-state index contributed by atoms with van der Waals surface area (Å²) in [6, 6.07) is -2.34. The summed E-state index contributed by atoms with van der Waals surface area (Å²) in [6.07, 6.45) is 0. The molecule has 1 atom stereocenters. The molecule has 0 aliphatic heterocycles. The Morgan fingerprint density at radius 1 is 1.00 bits per heavy atom. The Kier molecular flexibility index (Phi) is 7.71. The van der Waals surface area contributed by atoms with Gasteiger partial charge in [-0.1, -0.05) is 0 Å². The number of rotatable bonds is 4. The van der Waals surface area contributed by atoms with Crippen molar-refractivity contribution < 1.29 is 0 Å². The molecule has 0 N–H and O–H groups in total. The molecule has 0 saturated carbocycles. The molecule has 0 radical (unpaired) electrons. The summed E-state index contributed by atoms with van der Waals surface area (Å²) in [4.78, 5) is 0. The molecule has 74 valence electrons. The Balaban J connectivity index is 4.25. The molecule has 10 heteroatoms. The average Bonchev–Trinajstić information content (AvgIpc) is 1.79. The summed E-state index contributed by atoms with van der Waals surface area (Å²) in [5.41, 5.74) is 0. The van der Waals surface area contributed by atoms with E-state index in [-0.39, 0.29) is 5.16 Å². The molecule has 0 aromatic heterocycles. The lowest BCUT2D eigenvalue weighted by molar-refractivity contribution is 1.30. The predicted octanol–water partition coefficient (Wildman–Crippen LogP) is 3.95. The summed E-state index contributed by atoms with van der Waals surface area (Å²) in [7, 11) is -3.78. The van der Waals surface area contributed by atoms with E-state index in [0.717, 1.165) is 0 Å². The van der Waals surface area contributed by atoms with Gasteiger partial charge in [0.25, 0.3) is 0 Å². The summed E-state index contributed by atoms with van der Waals surface area (Å²) in [5, 5.41) is -0.238. The minimum atomic E-state index is -2.83. The summed E-state index contributed by atoms with van der Waals surface area (Å²) < 4.78 is 0.